The van der Waals surface area contributed by atoms with E-state index in [2.05, 4.69) is 15.8 Å². The van der Waals surface area contributed by atoms with Gasteiger partial charge in [0.1, 0.15) is 17.5 Å². The molecule has 0 aliphatic heterocycles. The van der Waals surface area contributed by atoms with Crippen LogP contribution in [-0.2, 0) is 16.0 Å². The summed E-state index contributed by atoms with van der Waals surface area (Å²) in [6.07, 6.45) is 0.204. The van der Waals surface area contributed by atoms with Crippen LogP contribution in [0, 0.1) is 10.1 Å². The average molecular weight is 545 g/mol. The molecule has 37 heavy (non-hydrogen) atoms. The number of rotatable bonds is 10. The van der Waals surface area contributed by atoms with Crippen LogP contribution in [0.3, 0.4) is 0 Å². The van der Waals surface area contributed by atoms with Crippen LogP contribution in [0.15, 0.2) is 71.8 Å². The number of amides is 2. The Bertz CT molecular complexity index is 1320. The highest BCUT2D eigenvalue weighted by Gasteiger charge is 2.25. The number of nitro benzene ring substituents is 1. The predicted octanol–water partition coefficient (Wildman–Crippen LogP) is 4.25. The second-order valence-electron chi connectivity index (χ2n) is 7.82. The molecule has 3 rings (SSSR count). The molecule has 0 heterocycles. The molecule has 0 radical (unpaired) electrons. The van der Waals surface area contributed by atoms with Gasteiger partial charge < -0.3 is 15.2 Å². The molecule has 3 aromatic rings. The number of halogens is 2. The van der Waals surface area contributed by atoms with Crippen molar-refractivity contribution < 1.29 is 24.4 Å². The summed E-state index contributed by atoms with van der Waals surface area (Å²) < 4.78 is 5.63. The lowest BCUT2D eigenvalue weighted by Crippen LogP contribution is -2.50. The summed E-state index contributed by atoms with van der Waals surface area (Å²) in [5.41, 5.74) is 2.84. The summed E-state index contributed by atoms with van der Waals surface area (Å²) in [6, 6.07) is 15.9. The number of non-ortho nitro benzene ring substituents is 1. The van der Waals surface area contributed by atoms with Gasteiger partial charge in [0.15, 0.2) is 6.10 Å². The maximum atomic E-state index is 12.9. The zero-order valence-electron chi connectivity index (χ0n) is 19.4. The van der Waals surface area contributed by atoms with Crippen LogP contribution >= 0.6 is 23.2 Å². The molecular formula is C25H22Cl2N4O6. The molecule has 3 aromatic carbocycles. The van der Waals surface area contributed by atoms with Crippen LogP contribution in [0.2, 0.25) is 10.0 Å². The molecule has 2 atom stereocenters. The van der Waals surface area contributed by atoms with Gasteiger partial charge in [-0.25, -0.2) is 5.43 Å². The van der Waals surface area contributed by atoms with E-state index in [4.69, 9.17) is 27.9 Å². The van der Waals surface area contributed by atoms with Crippen molar-refractivity contribution in [2.75, 3.05) is 0 Å². The van der Waals surface area contributed by atoms with E-state index in [0.29, 0.717) is 5.02 Å². The average Bonchev–Trinajstić information content (AvgIpc) is 2.86. The number of carbonyl (C=O) groups is 2. The Hall–Kier alpha value is -4.15. The van der Waals surface area contributed by atoms with E-state index in [9.17, 15) is 24.8 Å². The van der Waals surface area contributed by atoms with Crippen LogP contribution in [-0.4, -0.2) is 40.2 Å². The van der Waals surface area contributed by atoms with Crippen LogP contribution in [0.1, 0.15) is 18.1 Å². The van der Waals surface area contributed by atoms with Crippen LogP contribution < -0.4 is 15.5 Å². The van der Waals surface area contributed by atoms with Gasteiger partial charge in [0.2, 0.25) is 0 Å². The third-order valence-electron chi connectivity index (χ3n) is 5.08. The number of nitrogens with zero attached hydrogens (tertiary/aromatic N) is 2. The van der Waals surface area contributed by atoms with E-state index in [1.165, 1.54) is 19.1 Å². The van der Waals surface area contributed by atoms with E-state index in [0.717, 1.165) is 30.0 Å². The molecule has 0 aliphatic carbocycles. The highest BCUT2D eigenvalue weighted by atomic mass is 35.5. The van der Waals surface area contributed by atoms with Crippen molar-refractivity contribution in [1.82, 2.24) is 10.7 Å². The minimum Gasteiger partial charge on any atom is -0.507 e. The van der Waals surface area contributed by atoms with Crippen LogP contribution in [0.5, 0.6) is 11.5 Å². The van der Waals surface area contributed by atoms with E-state index >= 15 is 0 Å². The number of nitrogens with one attached hydrogen (secondary N) is 2. The number of hydrazone groups is 1. The first-order chi connectivity index (χ1) is 17.6. The quantitative estimate of drug-likeness (QED) is 0.198. The monoisotopic (exact) mass is 544 g/mol. The smallest absolute Gasteiger partial charge is 0.270 e. The fraction of sp³-hybridized carbons (Fsp3) is 0.160. The third kappa shape index (κ3) is 7.92. The van der Waals surface area contributed by atoms with Crippen molar-refractivity contribution in [2.45, 2.75) is 25.5 Å². The van der Waals surface area contributed by atoms with E-state index in [-0.39, 0.29) is 34.2 Å². The molecule has 0 saturated heterocycles. The fourth-order valence-electron chi connectivity index (χ4n) is 3.17. The Morgan fingerprint density at radius 2 is 1.84 bits per heavy atom. The normalized spacial score (nSPS) is 12.5. The Kier molecular flexibility index (Phi) is 9.42. The number of aromatic hydroxyl groups is 1. The van der Waals surface area contributed by atoms with Crippen LogP contribution in [0.4, 0.5) is 5.69 Å². The first kappa shape index (κ1) is 27.4. The lowest BCUT2D eigenvalue weighted by molar-refractivity contribution is -0.384. The Labute approximate surface area is 222 Å². The molecule has 3 N–H and O–H groups in total. The number of benzene rings is 3. The van der Waals surface area contributed by atoms with Gasteiger partial charge in [0, 0.05) is 29.1 Å². The van der Waals surface area contributed by atoms with Crippen molar-refractivity contribution in [3.05, 3.63) is 98.0 Å². The largest absolute Gasteiger partial charge is 0.507 e. The molecule has 0 aliphatic rings. The molecule has 2 amide bonds. The zero-order chi connectivity index (χ0) is 26.9. The van der Waals surface area contributed by atoms with Gasteiger partial charge in [-0.15, -0.1) is 0 Å². The Morgan fingerprint density at radius 1 is 1.11 bits per heavy atom. The topological polar surface area (TPSA) is 143 Å². The van der Waals surface area contributed by atoms with Gasteiger partial charge in [0.25, 0.3) is 17.5 Å². The molecular weight excluding hydrogens is 523 g/mol. The van der Waals surface area contributed by atoms with E-state index in [1.807, 2.05) is 6.07 Å². The number of carbonyl (C=O) groups excluding carboxylic acids is 2. The molecule has 0 unspecified atom stereocenters. The van der Waals surface area contributed by atoms with Crippen LogP contribution in [0.25, 0.3) is 0 Å². The van der Waals surface area contributed by atoms with Gasteiger partial charge in [-0.1, -0.05) is 53.5 Å². The molecule has 12 heteroatoms. The molecule has 0 saturated carbocycles. The van der Waals surface area contributed by atoms with Gasteiger partial charge >= 0.3 is 0 Å². The summed E-state index contributed by atoms with van der Waals surface area (Å²) >= 11 is 12.0. The molecule has 0 spiro atoms. The molecule has 0 bridgehead atoms. The lowest BCUT2D eigenvalue weighted by atomic mass is 10.1. The Morgan fingerprint density at radius 3 is 2.51 bits per heavy atom. The van der Waals surface area contributed by atoms with E-state index < -0.39 is 28.9 Å². The SMILES string of the molecule is C[C@@H](Oc1ccc(Cl)cc1Cl)C(=O)N[C@@H](Cc1ccccc1)C(=O)N/N=C\c1cc([N+](=O)[O-])ccc1O. The maximum Gasteiger partial charge on any atom is 0.270 e. The van der Waals surface area contributed by atoms with Gasteiger partial charge in [-0.3, -0.25) is 19.7 Å². The number of hydrogen-bond donors (Lipinski definition) is 3. The molecule has 0 aromatic heterocycles. The van der Waals surface area contributed by atoms with Crippen molar-refractivity contribution in [2.24, 2.45) is 5.10 Å². The molecule has 0 fully saturated rings. The first-order valence-corrected chi connectivity index (χ1v) is 11.7. The van der Waals surface area contributed by atoms with Crippen molar-refractivity contribution in [3.63, 3.8) is 0 Å². The molecule has 10 nitrogen and oxygen atoms in total. The summed E-state index contributed by atoms with van der Waals surface area (Å²) in [4.78, 5) is 36.1. The minimum atomic E-state index is -1.04. The van der Waals surface area contributed by atoms with Gasteiger partial charge in [-0.2, -0.15) is 5.10 Å². The van der Waals surface area contributed by atoms with Crippen molar-refractivity contribution >= 4 is 46.9 Å². The number of ether oxygens (including phenoxy) is 1. The number of phenolic OH excluding ortho intramolecular Hbond substituents is 1. The number of nitro groups is 1. The summed E-state index contributed by atoms with van der Waals surface area (Å²) in [6.45, 7) is 1.50. The highest BCUT2D eigenvalue weighted by Crippen LogP contribution is 2.28. The fourth-order valence-corrected chi connectivity index (χ4v) is 3.62. The predicted molar refractivity (Wildman–Crippen MR) is 139 cm³/mol. The minimum absolute atomic E-state index is 0.0278. The maximum absolute atomic E-state index is 12.9. The van der Waals surface area contributed by atoms with E-state index in [1.54, 1.807) is 30.3 Å². The Balaban J connectivity index is 1.72. The summed E-state index contributed by atoms with van der Waals surface area (Å²) in [7, 11) is 0. The lowest BCUT2D eigenvalue weighted by Gasteiger charge is -2.21. The highest BCUT2D eigenvalue weighted by molar-refractivity contribution is 6.35. The number of phenols is 1. The van der Waals surface area contributed by atoms with Gasteiger partial charge in [0.05, 0.1) is 16.2 Å². The zero-order valence-corrected chi connectivity index (χ0v) is 20.9. The first-order valence-electron chi connectivity index (χ1n) is 10.9. The number of hydrogen-bond acceptors (Lipinski definition) is 7. The second-order valence-corrected chi connectivity index (χ2v) is 8.66. The third-order valence-corrected chi connectivity index (χ3v) is 5.61. The standard InChI is InChI=1S/C25H22Cl2N4O6/c1-15(37-23-10-7-18(26)13-20(23)27)24(33)29-21(11-16-5-3-2-4-6-16)25(34)30-28-14-17-12-19(31(35)36)8-9-22(17)32/h2-10,12-15,21,32H,11H2,1H3,(H,29,33)(H,30,34)/b28-14-/t15-,21+/m1/s1. The van der Waals surface area contributed by atoms with Crippen molar-refractivity contribution in [1.29, 1.82) is 0 Å². The molecule has 192 valence electrons. The van der Waals surface area contributed by atoms with Crippen molar-refractivity contribution in [3.8, 4) is 11.5 Å². The summed E-state index contributed by atoms with van der Waals surface area (Å²) in [5, 5.41) is 27.9. The van der Waals surface area contributed by atoms with Gasteiger partial charge in [-0.05, 0) is 36.8 Å². The summed E-state index contributed by atoms with van der Waals surface area (Å²) in [5.74, 6) is -1.25. The second kappa shape index (κ2) is 12.7.